The summed E-state index contributed by atoms with van der Waals surface area (Å²) >= 11 is 0. The lowest BCUT2D eigenvalue weighted by Crippen LogP contribution is -2.63. The van der Waals surface area contributed by atoms with Crippen molar-refractivity contribution in [2.24, 2.45) is 0 Å². The minimum Gasteiger partial charge on any atom is -0.423 e. The average molecular weight is 509 g/mol. The molecule has 29 heavy (non-hydrogen) atoms. The van der Waals surface area contributed by atoms with E-state index < -0.39 is 65.1 Å². The summed E-state index contributed by atoms with van der Waals surface area (Å²) in [6, 6.07) is 0. The van der Waals surface area contributed by atoms with Gasteiger partial charge >= 0.3 is 21.9 Å². The summed E-state index contributed by atoms with van der Waals surface area (Å²) in [7, 11) is -21.9. The Kier molecular flexibility index (Phi) is 6.66. The highest BCUT2D eigenvalue weighted by atomic mass is 32.3. The van der Waals surface area contributed by atoms with E-state index in [1.54, 1.807) is 0 Å². The number of piperidine rings is 1. The van der Waals surface area contributed by atoms with Gasteiger partial charge in [-0.2, -0.15) is 43.8 Å². The minimum atomic E-state index is -7.86. The SMILES string of the molecule is O=S(=O)([N-]S(=O)(=O)C(F)(F)C(F)(F)C(F)(F)S(=O)(=O)N1CCCCC1)C(F)(F)F. The fourth-order valence-corrected chi connectivity index (χ4v) is 5.76. The second kappa shape index (κ2) is 7.38. The third-order valence-electron chi connectivity index (χ3n) is 3.52. The van der Waals surface area contributed by atoms with Crippen molar-refractivity contribution in [2.75, 3.05) is 13.1 Å². The van der Waals surface area contributed by atoms with Crippen molar-refractivity contribution in [1.82, 2.24) is 4.31 Å². The van der Waals surface area contributed by atoms with E-state index in [1.807, 2.05) is 0 Å². The molecule has 20 heteroatoms. The topological polar surface area (TPSA) is 120 Å². The number of halogens is 9. The molecule has 0 aliphatic carbocycles. The van der Waals surface area contributed by atoms with Gasteiger partial charge in [0, 0.05) is 13.1 Å². The molecule has 0 N–H and O–H groups in total. The van der Waals surface area contributed by atoms with Gasteiger partial charge in [-0.05, 0) is 12.8 Å². The van der Waals surface area contributed by atoms with Crippen molar-refractivity contribution < 1.29 is 64.8 Å². The Bertz CT molecular complexity index is 937. The van der Waals surface area contributed by atoms with E-state index in [1.165, 1.54) is 0 Å². The molecule has 1 heterocycles. The van der Waals surface area contributed by atoms with Crippen LogP contribution >= 0.6 is 0 Å². The van der Waals surface area contributed by atoms with Crippen molar-refractivity contribution in [3.05, 3.63) is 4.13 Å². The smallest absolute Gasteiger partial charge is 0.423 e. The molecule has 0 aromatic carbocycles. The molecule has 0 bridgehead atoms. The van der Waals surface area contributed by atoms with E-state index in [-0.39, 0.29) is 23.6 Å². The van der Waals surface area contributed by atoms with Gasteiger partial charge in [0.1, 0.15) is 0 Å². The van der Waals surface area contributed by atoms with Gasteiger partial charge in [-0.15, -0.1) is 0 Å². The van der Waals surface area contributed by atoms with Crippen LogP contribution in [0, 0.1) is 0 Å². The summed E-state index contributed by atoms with van der Waals surface area (Å²) in [6.45, 7) is -1.61. The van der Waals surface area contributed by atoms with Gasteiger partial charge in [-0.3, -0.25) is 0 Å². The zero-order chi connectivity index (χ0) is 23.3. The lowest BCUT2D eigenvalue weighted by atomic mass is 10.2. The molecule has 8 nitrogen and oxygen atoms in total. The quantitative estimate of drug-likeness (QED) is 0.486. The maximum absolute atomic E-state index is 13.9. The number of rotatable bonds is 7. The molecule has 0 unspecified atom stereocenters. The molecule has 1 aliphatic heterocycles. The largest absolute Gasteiger partial charge is 0.480 e. The number of hydrogen-bond acceptors (Lipinski definition) is 6. The molecule has 1 rings (SSSR count). The molecule has 1 saturated heterocycles. The molecule has 0 aromatic rings. The highest BCUT2D eigenvalue weighted by molar-refractivity contribution is 8.13. The maximum atomic E-state index is 13.9. The third-order valence-corrected chi connectivity index (χ3v) is 8.53. The lowest BCUT2D eigenvalue weighted by Gasteiger charge is -2.38. The number of sulfonamides is 3. The zero-order valence-corrected chi connectivity index (χ0v) is 16.0. The Hall–Kier alpha value is -0.860. The first-order valence-electron chi connectivity index (χ1n) is 6.99. The second-order valence-corrected chi connectivity index (χ2v) is 11.0. The lowest BCUT2D eigenvalue weighted by molar-refractivity contribution is -0.244. The van der Waals surface area contributed by atoms with E-state index in [0.29, 0.717) is 4.13 Å². The van der Waals surface area contributed by atoms with E-state index in [2.05, 4.69) is 0 Å². The maximum Gasteiger partial charge on any atom is 0.480 e. The van der Waals surface area contributed by atoms with Crippen LogP contribution in [0.4, 0.5) is 39.5 Å². The van der Waals surface area contributed by atoms with Crippen LogP contribution in [0.25, 0.3) is 4.13 Å². The average Bonchev–Trinajstić information content (AvgIpc) is 2.52. The van der Waals surface area contributed by atoms with Crippen molar-refractivity contribution >= 4 is 30.1 Å². The zero-order valence-electron chi connectivity index (χ0n) is 13.5. The van der Waals surface area contributed by atoms with E-state index in [4.69, 9.17) is 0 Å². The van der Waals surface area contributed by atoms with Crippen LogP contribution in [0.2, 0.25) is 0 Å². The third kappa shape index (κ3) is 4.17. The molecule has 0 aromatic heterocycles. The first kappa shape index (κ1) is 26.2. The molecule has 1 aliphatic rings. The van der Waals surface area contributed by atoms with Gasteiger partial charge in [0.2, 0.25) is 0 Å². The Morgan fingerprint density at radius 2 is 1.03 bits per heavy atom. The fourth-order valence-electron chi connectivity index (χ4n) is 1.98. The van der Waals surface area contributed by atoms with Gasteiger partial charge in [-0.1, -0.05) is 6.42 Å². The van der Waals surface area contributed by atoms with Crippen LogP contribution in [-0.4, -0.2) is 64.6 Å². The summed E-state index contributed by atoms with van der Waals surface area (Å²) in [4.78, 5) is 0. The molecule has 0 spiro atoms. The van der Waals surface area contributed by atoms with Gasteiger partial charge in [0.05, 0.1) is 0 Å². The van der Waals surface area contributed by atoms with Crippen LogP contribution in [0.5, 0.6) is 0 Å². The molecule has 0 saturated carbocycles. The summed E-state index contributed by atoms with van der Waals surface area (Å²) in [5, 5.41) is -14.2. The Labute approximate surface area is 158 Å². The fraction of sp³-hybridized carbons (Fsp3) is 1.00. The second-order valence-electron chi connectivity index (χ2n) is 5.54. The van der Waals surface area contributed by atoms with Gasteiger partial charge in [-0.25, -0.2) is 25.3 Å². The predicted octanol–water partition coefficient (Wildman–Crippen LogP) is 2.18. The van der Waals surface area contributed by atoms with Crippen LogP contribution < -0.4 is 0 Å². The highest BCUT2D eigenvalue weighted by Gasteiger charge is 2.81. The highest BCUT2D eigenvalue weighted by Crippen LogP contribution is 2.53. The van der Waals surface area contributed by atoms with Gasteiger partial charge < -0.3 is 4.13 Å². The standard InChI is InChI=1S/C9H10F9N2O6S3/c10-6(11,8(14,15)29(25,26)20-4-2-1-3-5-20)7(12,13)27(21,22)19-28(23,24)9(16,17)18/h1-5H2/q-1. The van der Waals surface area contributed by atoms with E-state index in [0.717, 1.165) is 0 Å². The molecule has 0 amide bonds. The molecular weight excluding hydrogens is 499 g/mol. The van der Waals surface area contributed by atoms with Gasteiger partial charge in [0.15, 0.2) is 20.0 Å². The molecule has 1 fully saturated rings. The van der Waals surface area contributed by atoms with Crippen molar-refractivity contribution in [1.29, 1.82) is 0 Å². The summed E-state index contributed by atoms with van der Waals surface area (Å²) in [5.41, 5.74) is -6.66. The summed E-state index contributed by atoms with van der Waals surface area (Å²) in [5.74, 6) is -7.40. The number of nitrogens with zero attached hydrogens (tertiary/aromatic N) is 2. The number of alkyl halides is 9. The Balaban J connectivity index is 3.47. The normalized spacial score (nSPS) is 19.3. The van der Waals surface area contributed by atoms with Crippen LogP contribution in [-0.2, 0) is 30.1 Å². The molecule has 0 atom stereocenters. The van der Waals surface area contributed by atoms with Crippen LogP contribution in [0.1, 0.15) is 19.3 Å². The van der Waals surface area contributed by atoms with E-state index >= 15 is 0 Å². The summed E-state index contributed by atoms with van der Waals surface area (Å²) < 4.78 is 186. The van der Waals surface area contributed by atoms with Crippen LogP contribution in [0.3, 0.4) is 0 Å². The summed E-state index contributed by atoms with van der Waals surface area (Å²) in [6.07, 6.45) is 0.0101. The van der Waals surface area contributed by atoms with Gasteiger partial charge in [0.25, 0.3) is 10.0 Å². The predicted molar refractivity (Wildman–Crippen MR) is 76.4 cm³/mol. The van der Waals surface area contributed by atoms with E-state index in [9.17, 15) is 64.8 Å². The Morgan fingerprint density at radius 1 is 0.621 bits per heavy atom. The first-order chi connectivity index (χ1) is 12.6. The minimum absolute atomic E-state index is 0.130. The first-order valence-corrected chi connectivity index (χ1v) is 11.3. The molecule has 0 radical (unpaired) electrons. The molecular formula is C9H10F9N2O6S3-. The monoisotopic (exact) mass is 509 g/mol. The van der Waals surface area contributed by atoms with Crippen molar-refractivity contribution in [3.8, 4) is 0 Å². The number of hydrogen-bond donors (Lipinski definition) is 0. The van der Waals surface area contributed by atoms with Crippen molar-refractivity contribution in [2.45, 2.75) is 41.2 Å². The Morgan fingerprint density at radius 3 is 1.41 bits per heavy atom. The van der Waals surface area contributed by atoms with Crippen molar-refractivity contribution in [3.63, 3.8) is 0 Å². The molecule has 174 valence electrons. The van der Waals surface area contributed by atoms with Crippen LogP contribution in [0.15, 0.2) is 0 Å².